The molecule has 0 bridgehead atoms. The number of amides is 1. The molecule has 1 N–H and O–H groups in total. The Bertz CT molecular complexity index is 901. The fraction of sp³-hybridized carbons (Fsp3) is 0.364. The molecule has 0 radical (unpaired) electrons. The number of nitrogens with zero attached hydrogens (tertiary/aromatic N) is 2. The number of ether oxygens (including phenoxy) is 1. The van der Waals surface area contributed by atoms with Crippen molar-refractivity contribution in [3.8, 4) is 0 Å². The van der Waals surface area contributed by atoms with E-state index in [4.69, 9.17) is 9.72 Å². The molecule has 0 aliphatic rings. The number of fused-ring (bicyclic) bond motifs is 1. The van der Waals surface area contributed by atoms with E-state index < -0.39 is 0 Å². The number of nitrogens with one attached hydrogen (secondary N) is 1. The van der Waals surface area contributed by atoms with Gasteiger partial charge in [-0.05, 0) is 44.0 Å². The van der Waals surface area contributed by atoms with E-state index in [9.17, 15) is 4.79 Å². The van der Waals surface area contributed by atoms with Gasteiger partial charge in [-0.1, -0.05) is 30.3 Å². The zero-order valence-corrected chi connectivity index (χ0v) is 16.1. The summed E-state index contributed by atoms with van der Waals surface area (Å²) >= 11 is 0. The van der Waals surface area contributed by atoms with Crippen molar-refractivity contribution in [3.63, 3.8) is 0 Å². The van der Waals surface area contributed by atoms with Gasteiger partial charge in [0.25, 0.3) is 5.91 Å². The first-order valence-corrected chi connectivity index (χ1v) is 9.56. The van der Waals surface area contributed by atoms with Gasteiger partial charge in [0.1, 0.15) is 5.82 Å². The average Bonchev–Trinajstić information content (AvgIpc) is 3.03. The number of benzene rings is 2. The Morgan fingerprint density at radius 2 is 1.93 bits per heavy atom. The van der Waals surface area contributed by atoms with E-state index in [1.54, 1.807) is 0 Å². The molecule has 2 aromatic carbocycles. The van der Waals surface area contributed by atoms with Crippen LogP contribution in [0.15, 0.2) is 48.5 Å². The zero-order chi connectivity index (χ0) is 19.1. The summed E-state index contributed by atoms with van der Waals surface area (Å²) in [5.74, 6) is 1.03. The Hall–Kier alpha value is -2.66. The Labute approximate surface area is 160 Å². The zero-order valence-electron chi connectivity index (χ0n) is 16.1. The van der Waals surface area contributed by atoms with Crippen LogP contribution in [0.4, 0.5) is 0 Å². The molecule has 3 aromatic rings. The van der Waals surface area contributed by atoms with Crippen molar-refractivity contribution in [2.45, 2.75) is 33.2 Å². The Kier molecular flexibility index (Phi) is 6.60. The molecule has 1 aromatic heterocycles. The van der Waals surface area contributed by atoms with Crippen molar-refractivity contribution in [1.29, 1.82) is 0 Å². The standard InChI is InChI=1S/C22H27N3O2/c1-3-27-16-15-25-20-12-7-6-11-19(20)24-21(25)13-8-14-23-22(26)18-10-5-4-9-17(18)2/h4-7,9-12H,3,8,13-16H2,1-2H3,(H,23,26). The summed E-state index contributed by atoms with van der Waals surface area (Å²) < 4.78 is 7.75. The fourth-order valence-electron chi connectivity index (χ4n) is 3.24. The predicted molar refractivity (Wildman–Crippen MR) is 108 cm³/mol. The number of hydrogen-bond donors (Lipinski definition) is 1. The van der Waals surface area contributed by atoms with E-state index in [0.29, 0.717) is 19.8 Å². The smallest absolute Gasteiger partial charge is 0.251 e. The van der Waals surface area contributed by atoms with Crippen LogP contribution in [-0.4, -0.2) is 35.2 Å². The molecule has 0 saturated heterocycles. The molecular formula is C22H27N3O2. The quantitative estimate of drug-likeness (QED) is 0.588. The van der Waals surface area contributed by atoms with Crippen LogP contribution >= 0.6 is 0 Å². The molecular weight excluding hydrogens is 338 g/mol. The highest BCUT2D eigenvalue weighted by molar-refractivity contribution is 5.95. The number of para-hydroxylation sites is 2. The summed E-state index contributed by atoms with van der Waals surface area (Å²) in [7, 11) is 0. The summed E-state index contributed by atoms with van der Waals surface area (Å²) in [6, 6.07) is 15.8. The molecule has 0 aliphatic heterocycles. The third kappa shape index (κ3) is 4.74. The van der Waals surface area contributed by atoms with Crippen LogP contribution in [0.3, 0.4) is 0 Å². The molecule has 5 nitrogen and oxygen atoms in total. The maximum absolute atomic E-state index is 12.3. The van der Waals surface area contributed by atoms with Gasteiger partial charge in [0, 0.05) is 31.7 Å². The third-order valence-electron chi connectivity index (χ3n) is 4.65. The van der Waals surface area contributed by atoms with Crippen LogP contribution in [0.2, 0.25) is 0 Å². The number of imidazole rings is 1. The largest absolute Gasteiger partial charge is 0.380 e. The average molecular weight is 365 g/mol. The van der Waals surface area contributed by atoms with E-state index in [0.717, 1.165) is 47.4 Å². The molecule has 0 fully saturated rings. The van der Waals surface area contributed by atoms with Crippen LogP contribution in [0.1, 0.15) is 35.1 Å². The second kappa shape index (κ2) is 9.33. The molecule has 3 rings (SSSR count). The van der Waals surface area contributed by atoms with Gasteiger partial charge in [-0.15, -0.1) is 0 Å². The van der Waals surface area contributed by atoms with Crippen LogP contribution < -0.4 is 5.32 Å². The second-order valence-electron chi connectivity index (χ2n) is 6.54. The lowest BCUT2D eigenvalue weighted by atomic mass is 10.1. The maximum Gasteiger partial charge on any atom is 0.251 e. The summed E-state index contributed by atoms with van der Waals surface area (Å²) in [5.41, 5.74) is 3.87. The van der Waals surface area contributed by atoms with E-state index in [2.05, 4.69) is 16.0 Å². The second-order valence-corrected chi connectivity index (χ2v) is 6.54. The molecule has 5 heteroatoms. The van der Waals surface area contributed by atoms with Crippen LogP contribution in [-0.2, 0) is 17.7 Å². The van der Waals surface area contributed by atoms with Gasteiger partial charge in [0.15, 0.2) is 0 Å². The number of carbonyl (C=O) groups excluding carboxylic acids is 1. The normalized spacial score (nSPS) is 11.0. The Balaban J connectivity index is 1.60. The first-order valence-electron chi connectivity index (χ1n) is 9.56. The molecule has 0 unspecified atom stereocenters. The molecule has 27 heavy (non-hydrogen) atoms. The van der Waals surface area contributed by atoms with Crippen molar-refractivity contribution in [1.82, 2.24) is 14.9 Å². The van der Waals surface area contributed by atoms with Gasteiger partial charge >= 0.3 is 0 Å². The topological polar surface area (TPSA) is 56.1 Å². The number of aromatic nitrogens is 2. The minimum absolute atomic E-state index is 0.0158. The SMILES string of the molecule is CCOCCn1c(CCCNC(=O)c2ccccc2C)nc2ccccc21. The third-order valence-corrected chi connectivity index (χ3v) is 4.65. The molecule has 1 heterocycles. The number of aryl methyl sites for hydroxylation is 2. The summed E-state index contributed by atoms with van der Waals surface area (Å²) in [4.78, 5) is 17.1. The number of hydrogen-bond acceptors (Lipinski definition) is 3. The maximum atomic E-state index is 12.3. The molecule has 0 saturated carbocycles. The van der Waals surface area contributed by atoms with Crippen LogP contribution in [0.5, 0.6) is 0 Å². The Morgan fingerprint density at radius 3 is 2.74 bits per heavy atom. The molecule has 0 atom stereocenters. The van der Waals surface area contributed by atoms with Crippen molar-refractivity contribution >= 4 is 16.9 Å². The van der Waals surface area contributed by atoms with Crippen molar-refractivity contribution in [3.05, 3.63) is 65.5 Å². The van der Waals surface area contributed by atoms with Gasteiger partial charge in [0.2, 0.25) is 0 Å². The lowest BCUT2D eigenvalue weighted by molar-refractivity contribution is 0.0952. The van der Waals surface area contributed by atoms with Gasteiger partial charge < -0.3 is 14.6 Å². The van der Waals surface area contributed by atoms with Gasteiger partial charge in [0.05, 0.1) is 17.6 Å². The van der Waals surface area contributed by atoms with Crippen molar-refractivity contribution in [2.75, 3.05) is 19.8 Å². The van der Waals surface area contributed by atoms with Crippen LogP contribution in [0.25, 0.3) is 11.0 Å². The van der Waals surface area contributed by atoms with Crippen LogP contribution in [0, 0.1) is 6.92 Å². The van der Waals surface area contributed by atoms with Gasteiger partial charge in [-0.25, -0.2) is 4.98 Å². The lowest BCUT2D eigenvalue weighted by Gasteiger charge is -2.10. The first kappa shape index (κ1) is 19.1. The highest BCUT2D eigenvalue weighted by Crippen LogP contribution is 2.17. The predicted octanol–water partition coefficient (Wildman–Crippen LogP) is 3.74. The number of carbonyl (C=O) groups is 1. The van der Waals surface area contributed by atoms with E-state index in [1.165, 1.54) is 0 Å². The summed E-state index contributed by atoms with van der Waals surface area (Å²) in [6.45, 7) is 6.77. The fourth-order valence-corrected chi connectivity index (χ4v) is 3.24. The summed E-state index contributed by atoms with van der Waals surface area (Å²) in [6.07, 6.45) is 1.66. The Morgan fingerprint density at radius 1 is 1.15 bits per heavy atom. The monoisotopic (exact) mass is 365 g/mol. The molecule has 0 spiro atoms. The van der Waals surface area contributed by atoms with E-state index in [-0.39, 0.29) is 5.91 Å². The van der Waals surface area contributed by atoms with Crippen molar-refractivity contribution < 1.29 is 9.53 Å². The van der Waals surface area contributed by atoms with Gasteiger partial charge in [-0.2, -0.15) is 0 Å². The van der Waals surface area contributed by atoms with Crippen molar-refractivity contribution in [2.24, 2.45) is 0 Å². The minimum Gasteiger partial charge on any atom is -0.380 e. The highest BCUT2D eigenvalue weighted by Gasteiger charge is 2.11. The van der Waals surface area contributed by atoms with E-state index >= 15 is 0 Å². The highest BCUT2D eigenvalue weighted by atomic mass is 16.5. The lowest BCUT2D eigenvalue weighted by Crippen LogP contribution is -2.25. The first-order chi connectivity index (χ1) is 13.2. The minimum atomic E-state index is -0.0158. The summed E-state index contributed by atoms with van der Waals surface area (Å²) in [5, 5.41) is 3.01. The van der Waals surface area contributed by atoms with Gasteiger partial charge in [-0.3, -0.25) is 4.79 Å². The number of rotatable bonds is 9. The molecule has 1 amide bonds. The molecule has 142 valence electrons. The van der Waals surface area contributed by atoms with E-state index in [1.807, 2.05) is 56.3 Å². The molecule has 0 aliphatic carbocycles.